The van der Waals surface area contributed by atoms with Crippen LogP contribution >= 0.6 is 39.0 Å². The molecule has 0 spiro atoms. The van der Waals surface area contributed by atoms with E-state index < -0.39 is 17.1 Å². The molecule has 2 N–H and O–H groups in total. The van der Waals surface area contributed by atoms with Gasteiger partial charge in [0.2, 0.25) is 11.8 Å². The first kappa shape index (κ1) is 25.6. The normalized spacial score (nSPS) is 19.9. The summed E-state index contributed by atoms with van der Waals surface area (Å²) in [6.45, 7) is -0.254. The maximum absolute atomic E-state index is 13.9. The quantitative estimate of drug-likeness (QED) is 0.293. The van der Waals surface area contributed by atoms with Crippen LogP contribution in [-0.2, 0) is 14.4 Å². The van der Waals surface area contributed by atoms with Crippen molar-refractivity contribution in [3.05, 3.63) is 103 Å². The van der Waals surface area contributed by atoms with Gasteiger partial charge in [0.25, 0.3) is 5.91 Å². The Bertz CT molecular complexity index is 1640. The number of nitrogens with zero attached hydrogens (tertiary/aromatic N) is 1. The average Bonchev–Trinajstić information content (AvgIpc) is 3.43. The molecular formula is C28H20BrN3O5S2. The van der Waals surface area contributed by atoms with Gasteiger partial charge in [0.15, 0.2) is 6.61 Å². The molecule has 3 atom stereocenters. The summed E-state index contributed by atoms with van der Waals surface area (Å²) in [5.74, 6) is -1.97. The Labute approximate surface area is 239 Å². The van der Waals surface area contributed by atoms with Crippen LogP contribution in [0, 0.1) is 5.92 Å². The van der Waals surface area contributed by atoms with E-state index in [-0.39, 0.29) is 29.2 Å². The number of benzene rings is 3. The molecule has 196 valence electrons. The Morgan fingerprint density at radius 2 is 1.67 bits per heavy atom. The van der Waals surface area contributed by atoms with Gasteiger partial charge in [0.05, 0.1) is 16.6 Å². The molecule has 1 saturated heterocycles. The molecule has 3 heterocycles. The van der Waals surface area contributed by atoms with E-state index in [1.165, 1.54) is 16.7 Å². The number of ether oxygens (including phenoxy) is 1. The minimum atomic E-state index is -0.756. The molecule has 1 fully saturated rings. The van der Waals surface area contributed by atoms with E-state index in [0.717, 1.165) is 15.8 Å². The van der Waals surface area contributed by atoms with Crippen LogP contribution in [0.25, 0.3) is 0 Å². The van der Waals surface area contributed by atoms with Crippen LogP contribution in [0.1, 0.15) is 16.4 Å². The van der Waals surface area contributed by atoms with Gasteiger partial charge in [-0.1, -0.05) is 75.4 Å². The zero-order valence-corrected chi connectivity index (χ0v) is 23.3. The van der Waals surface area contributed by atoms with Gasteiger partial charge < -0.3 is 15.0 Å². The van der Waals surface area contributed by atoms with Crippen molar-refractivity contribution in [2.24, 2.45) is 5.92 Å². The number of rotatable bonds is 6. The molecule has 11 heteroatoms. The molecule has 0 aliphatic carbocycles. The van der Waals surface area contributed by atoms with E-state index in [2.05, 4.69) is 26.2 Å². The lowest BCUT2D eigenvalue weighted by Gasteiger charge is -2.30. The van der Waals surface area contributed by atoms with Gasteiger partial charge in [-0.25, -0.2) is 4.90 Å². The van der Waals surface area contributed by atoms with Crippen LogP contribution < -0.4 is 19.8 Å². The number of aromatic amines is 1. The van der Waals surface area contributed by atoms with Gasteiger partial charge in [0.1, 0.15) is 11.0 Å². The van der Waals surface area contributed by atoms with Gasteiger partial charge in [-0.2, -0.15) is 0 Å². The van der Waals surface area contributed by atoms with E-state index in [0.29, 0.717) is 32.6 Å². The number of fused-ring (bicyclic) bond motifs is 2. The second kappa shape index (κ2) is 10.5. The van der Waals surface area contributed by atoms with Crippen molar-refractivity contribution in [2.75, 3.05) is 16.8 Å². The summed E-state index contributed by atoms with van der Waals surface area (Å²) in [7, 11) is 0. The van der Waals surface area contributed by atoms with Crippen molar-refractivity contribution in [1.82, 2.24) is 4.98 Å². The van der Waals surface area contributed by atoms with Gasteiger partial charge >= 0.3 is 4.87 Å². The largest absolute Gasteiger partial charge is 0.483 e. The van der Waals surface area contributed by atoms with Crippen LogP contribution in [-0.4, -0.2) is 34.6 Å². The van der Waals surface area contributed by atoms with E-state index in [9.17, 15) is 19.2 Å². The summed E-state index contributed by atoms with van der Waals surface area (Å²) in [6.07, 6.45) is 0. The number of carbonyl (C=O) groups excluding carboxylic acids is 3. The predicted octanol–water partition coefficient (Wildman–Crippen LogP) is 5.01. The Hall–Kier alpha value is -3.67. The summed E-state index contributed by atoms with van der Waals surface area (Å²) < 4.78 is 6.79. The molecule has 39 heavy (non-hydrogen) atoms. The van der Waals surface area contributed by atoms with E-state index in [1.54, 1.807) is 48.5 Å². The van der Waals surface area contributed by atoms with Crippen LogP contribution in [0.5, 0.6) is 5.75 Å². The van der Waals surface area contributed by atoms with Crippen molar-refractivity contribution < 1.29 is 19.1 Å². The molecule has 3 aromatic carbocycles. The number of halogens is 1. The van der Waals surface area contributed by atoms with Crippen LogP contribution in [0.4, 0.5) is 11.4 Å². The Morgan fingerprint density at radius 3 is 2.44 bits per heavy atom. The first-order chi connectivity index (χ1) is 18.9. The SMILES string of the molecule is O=C(COc1ccccc1[C@H]1c2sc(=O)[nH]c2SC2C(=O)N(c3ccc(Br)cc3)C(=O)C21)Nc1ccccc1. The van der Waals surface area contributed by atoms with Crippen molar-refractivity contribution >= 4 is 68.1 Å². The van der Waals surface area contributed by atoms with E-state index in [4.69, 9.17) is 4.74 Å². The first-order valence-corrected chi connectivity index (χ1v) is 14.5. The van der Waals surface area contributed by atoms with Crippen LogP contribution in [0.15, 0.2) is 93.2 Å². The molecule has 3 amide bonds. The predicted molar refractivity (Wildman–Crippen MR) is 154 cm³/mol. The summed E-state index contributed by atoms with van der Waals surface area (Å²) in [6, 6.07) is 23.2. The highest BCUT2D eigenvalue weighted by Crippen LogP contribution is 2.54. The maximum atomic E-state index is 13.9. The number of thiazole rings is 1. The first-order valence-electron chi connectivity index (χ1n) is 12.0. The Balaban J connectivity index is 1.35. The maximum Gasteiger partial charge on any atom is 0.305 e. The number of anilines is 2. The molecule has 2 unspecified atom stereocenters. The fourth-order valence-electron chi connectivity index (χ4n) is 4.93. The molecule has 4 aromatic rings. The number of hydrogen-bond donors (Lipinski definition) is 2. The smallest absolute Gasteiger partial charge is 0.305 e. The van der Waals surface area contributed by atoms with Crippen LogP contribution in [0.3, 0.4) is 0 Å². The Kier molecular flexibility index (Phi) is 6.88. The highest BCUT2D eigenvalue weighted by molar-refractivity contribution is 9.10. The van der Waals surface area contributed by atoms with Gasteiger partial charge in [-0.15, -0.1) is 0 Å². The fourth-order valence-corrected chi connectivity index (χ4v) is 7.70. The summed E-state index contributed by atoms with van der Waals surface area (Å²) >= 11 is 5.63. The van der Waals surface area contributed by atoms with Crippen LogP contribution in [0.2, 0.25) is 0 Å². The number of carbonyl (C=O) groups is 3. The van der Waals surface area contributed by atoms with E-state index in [1.807, 2.05) is 30.3 Å². The summed E-state index contributed by atoms with van der Waals surface area (Å²) in [5, 5.41) is 2.64. The minimum absolute atomic E-state index is 0.254. The van der Waals surface area contributed by atoms with Crippen molar-refractivity contribution in [1.29, 1.82) is 0 Å². The summed E-state index contributed by atoms with van der Waals surface area (Å²) in [4.78, 5) is 57.0. The van der Waals surface area contributed by atoms with Gasteiger partial charge in [-0.05, 0) is 42.5 Å². The lowest BCUT2D eigenvalue weighted by molar-refractivity contribution is -0.122. The highest BCUT2D eigenvalue weighted by atomic mass is 79.9. The zero-order valence-electron chi connectivity index (χ0n) is 20.1. The number of H-pyrrole nitrogens is 1. The molecule has 6 rings (SSSR count). The summed E-state index contributed by atoms with van der Waals surface area (Å²) in [5.41, 5.74) is 1.77. The molecule has 1 aromatic heterocycles. The van der Waals surface area contributed by atoms with Crippen molar-refractivity contribution in [2.45, 2.75) is 16.2 Å². The second-order valence-corrected chi connectivity index (χ2v) is 12.1. The van der Waals surface area contributed by atoms with Gasteiger partial charge in [0, 0.05) is 26.5 Å². The number of amides is 3. The fraction of sp³-hybridized carbons (Fsp3) is 0.143. The molecule has 0 radical (unpaired) electrons. The number of hydrogen-bond acceptors (Lipinski definition) is 7. The lowest BCUT2D eigenvalue weighted by atomic mass is 9.82. The minimum Gasteiger partial charge on any atom is -0.483 e. The zero-order chi connectivity index (χ0) is 27.1. The third-order valence-corrected chi connectivity index (χ3v) is 9.51. The standard InChI is InChI=1S/C28H20BrN3O5S2/c29-15-10-12-17(13-11-15)32-26(34)22-21(23-25(31-28(36)39-23)38-24(22)27(32)35)18-8-4-5-9-19(18)37-14-20(33)30-16-6-2-1-3-7-16/h1-13,21-22,24H,14H2,(H,30,33)(H,31,36)/t21-,22?,24?/m1/s1. The molecule has 0 bridgehead atoms. The van der Waals surface area contributed by atoms with Crippen molar-refractivity contribution in [3.8, 4) is 5.75 Å². The monoisotopic (exact) mass is 621 g/mol. The number of thioether (sulfide) groups is 1. The highest BCUT2D eigenvalue weighted by Gasteiger charge is 2.56. The van der Waals surface area contributed by atoms with E-state index >= 15 is 0 Å². The molecule has 2 aliphatic heterocycles. The molecule has 2 aliphatic rings. The number of para-hydroxylation sites is 2. The number of nitrogens with one attached hydrogen (secondary N) is 2. The second-order valence-electron chi connectivity index (χ2n) is 8.98. The molecular weight excluding hydrogens is 602 g/mol. The molecule has 0 saturated carbocycles. The number of aromatic nitrogens is 1. The topological polar surface area (TPSA) is 109 Å². The lowest BCUT2D eigenvalue weighted by Crippen LogP contribution is -2.32. The van der Waals surface area contributed by atoms with Gasteiger partial charge in [-0.3, -0.25) is 19.2 Å². The third-order valence-electron chi connectivity index (χ3n) is 6.58. The van der Waals surface area contributed by atoms with Crippen molar-refractivity contribution in [3.63, 3.8) is 0 Å². The third kappa shape index (κ3) is 4.81. The number of imide groups is 1. The Morgan fingerprint density at radius 1 is 0.949 bits per heavy atom. The average molecular weight is 623 g/mol. The molecule has 8 nitrogen and oxygen atoms in total.